The van der Waals surface area contributed by atoms with E-state index in [0.29, 0.717) is 0 Å². The van der Waals surface area contributed by atoms with Crippen LogP contribution in [0.3, 0.4) is 0 Å². The molecule has 4 heteroatoms. The highest BCUT2D eigenvalue weighted by Gasteiger charge is 2.16. The maximum atomic E-state index is 6.24. The molecule has 1 unspecified atom stereocenters. The van der Waals surface area contributed by atoms with E-state index in [1.54, 1.807) is 0 Å². The van der Waals surface area contributed by atoms with Crippen LogP contribution in [0.15, 0.2) is 42.7 Å². The Kier molecular flexibility index (Phi) is 4.14. The van der Waals surface area contributed by atoms with E-state index in [4.69, 9.17) is 5.73 Å². The molecule has 1 aromatic carbocycles. The third-order valence-corrected chi connectivity index (χ3v) is 4.04. The van der Waals surface area contributed by atoms with Crippen molar-refractivity contribution in [3.63, 3.8) is 0 Å². The zero-order chi connectivity index (χ0) is 13.8. The summed E-state index contributed by atoms with van der Waals surface area (Å²) >= 11 is 0. The van der Waals surface area contributed by atoms with Gasteiger partial charge < -0.3 is 10.3 Å². The van der Waals surface area contributed by atoms with E-state index in [1.807, 2.05) is 12.3 Å². The Morgan fingerprint density at radius 2 is 2.05 bits per heavy atom. The number of benzene rings is 1. The van der Waals surface area contributed by atoms with Gasteiger partial charge in [0.2, 0.25) is 0 Å². The highest BCUT2D eigenvalue weighted by Crippen LogP contribution is 2.17. The molecule has 106 valence electrons. The summed E-state index contributed by atoms with van der Waals surface area (Å²) in [6.45, 7) is 4.24. The Morgan fingerprint density at radius 3 is 2.90 bits per heavy atom. The molecular formula is C16H22N4. The number of fused-ring (bicyclic) bond motifs is 1. The first kappa shape index (κ1) is 13.3. The topological polar surface area (TPSA) is 47.1 Å². The zero-order valence-corrected chi connectivity index (χ0v) is 11.8. The largest absolute Gasteiger partial charge is 0.333 e. The Bertz CT molecular complexity index is 534. The molecule has 1 aliphatic heterocycles. The molecule has 3 rings (SSSR count). The summed E-state index contributed by atoms with van der Waals surface area (Å²) in [4.78, 5) is 6.87. The van der Waals surface area contributed by atoms with E-state index in [1.165, 1.54) is 11.4 Å². The first-order chi connectivity index (χ1) is 9.83. The lowest BCUT2D eigenvalue weighted by molar-refractivity contribution is 0.211. The molecular weight excluding hydrogens is 248 g/mol. The van der Waals surface area contributed by atoms with Crippen molar-refractivity contribution in [3.05, 3.63) is 54.1 Å². The summed E-state index contributed by atoms with van der Waals surface area (Å²) < 4.78 is 2.24. The van der Waals surface area contributed by atoms with Gasteiger partial charge in [-0.05, 0) is 24.9 Å². The minimum absolute atomic E-state index is 0.156. The molecule has 0 fully saturated rings. The molecule has 2 aromatic rings. The number of aromatic nitrogens is 2. The number of nitrogens with zero attached hydrogens (tertiary/aromatic N) is 3. The van der Waals surface area contributed by atoms with Crippen molar-refractivity contribution < 1.29 is 0 Å². The van der Waals surface area contributed by atoms with Crippen LogP contribution in [0.2, 0.25) is 0 Å². The van der Waals surface area contributed by atoms with Gasteiger partial charge in [-0.1, -0.05) is 30.3 Å². The fraction of sp³-hybridized carbons (Fsp3) is 0.438. The predicted molar refractivity (Wildman–Crippen MR) is 80.1 cm³/mol. The van der Waals surface area contributed by atoms with Crippen molar-refractivity contribution >= 4 is 0 Å². The molecule has 0 bridgehead atoms. The van der Waals surface area contributed by atoms with Gasteiger partial charge in [0, 0.05) is 31.5 Å². The number of nitrogens with two attached hydrogens (primary N) is 1. The molecule has 0 spiro atoms. The van der Waals surface area contributed by atoms with E-state index >= 15 is 0 Å². The zero-order valence-electron chi connectivity index (χ0n) is 11.8. The normalized spacial score (nSPS) is 16.9. The van der Waals surface area contributed by atoms with Crippen LogP contribution in [-0.4, -0.2) is 27.5 Å². The first-order valence-corrected chi connectivity index (χ1v) is 7.36. The Balaban J connectivity index is 1.45. The van der Waals surface area contributed by atoms with Crippen LogP contribution in [-0.2, 0) is 13.1 Å². The monoisotopic (exact) mass is 270 g/mol. The van der Waals surface area contributed by atoms with Crippen molar-refractivity contribution in [3.8, 4) is 0 Å². The average Bonchev–Trinajstić information content (AvgIpc) is 2.95. The van der Waals surface area contributed by atoms with Crippen LogP contribution in [0, 0.1) is 0 Å². The Labute approximate surface area is 120 Å². The van der Waals surface area contributed by atoms with Crippen molar-refractivity contribution in [2.75, 3.05) is 13.1 Å². The summed E-state index contributed by atoms with van der Waals surface area (Å²) in [7, 11) is 0. The average molecular weight is 270 g/mol. The smallest absolute Gasteiger partial charge is 0.122 e. The molecule has 0 radical (unpaired) electrons. The van der Waals surface area contributed by atoms with Crippen LogP contribution in [0.1, 0.15) is 30.3 Å². The van der Waals surface area contributed by atoms with E-state index < -0.39 is 0 Å². The van der Waals surface area contributed by atoms with E-state index in [-0.39, 0.29) is 6.04 Å². The molecule has 1 atom stereocenters. The molecule has 0 aliphatic carbocycles. The lowest BCUT2D eigenvalue weighted by Crippen LogP contribution is -2.34. The van der Waals surface area contributed by atoms with Gasteiger partial charge in [0.15, 0.2) is 0 Å². The van der Waals surface area contributed by atoms with Gasteiger partial charge in [0.1, 0.15) is 5.82 Å². The summed E-state index contributed by atoms with van der Waals surface area (Å²) in [6, 6.07) is 10.5. The first-order valence-electron chi connectivity index (χ1n) is 7.36. The molecule has 2 heterocycles. The van der Waals surface area contributed by atoms with E-state index in [9.17, 15) is 0 Å². The Morgan fingerprint density at radius 1 is 1.20 bits per heavy atom. The third kappa shape index (κ3) is 3.08. The van der Waals surface area contributed by atoms with Gasteiger partial charge in [-0.15, -0.1) is 0 Å². The van der Waals surface area contributed by atoms with E-state index in [2.05, 4.69) is 44.9 Å². The van der Waals surface area contributed by atoms with Gasteiger partial charge in [-0.2, -0.15) is 0 Å². The Hall–Kier alpha value is -1.65. The molecule has 20 heavy (non-hydrogen) atoms. The number of hydrogen-bond acceptors (Lipinski definition) is 3. The molecule has 2 N–H and O–H groups in total. The van der Waals surface area contributed by atoms with Crippen LogP contribution >= 0.6 is 0 Å². The second kappa shape index (κ2) is 6.20. The predicted octanol–water partition coefficient (Wildman–Crippen LogP) is 2.18. The minimum atomic E-state index is 0.156. The standard InChI is InChI=1S/C16H22N4/c17-15(14-5-2-1-3-6-14)7-4-9-19-11-12-20-10-8-18-16(20)13-19/h1-3,5-6,8,10,15H,4,7,9,11-13,17H2. The van der Waals surface area contributed by atoms with Gasteiger partial charge >= 0.3 is 0 Å². The highest BCUT2D eigenvalue weighted by molar-refractivity contribution is 5.18. The van der Waals surface area contributed by atoms with Gasteiger partial charge in [0.05, 0.1) is 6.54 Å². The number of imidazole rings is 1. The summed E-state index contributed by atoms with van der Waals surface area (Å²) in [5.41, 5.74) is 7.47. The number of rotatable bonds is 5. The SMILES string of the molecule is NC(CCCN1CCn2ccnc2C1)c1ccccc1. The van der Waals surface area contributed by atoms with Crippen LogP contribution < -0.4 is 5.73 Å². The maximum absolute atomic E-state index is 6.24. The molecule has 0 saturated heterocycles. The van der Waals surface area contributed by atoms with Crippen LogP contribution in [0.5, 0.6) is 0 Å². The van der Waals surface area contributed by atoms with Gasteiger partial charge in [-0.3, -0.25) is 4.90 Å². The second-order valence-electron chi connectivity index (χ2n) is 5.47. The summed E-state index contributed by atoms with van der Waals surface area (Å²) in [5, 5.41) is 0. The molecule has 0 amide bonds. The van der Waals surface area contributed by atoms with Crippen molar-refractivity contribution in [2.45, 2.75) is 32.0 Å². The van der Waals surface area contributed by atoms with Gasteiger partial charge in [0.25, 0.3) is 0 Å². The lowest BCUT2D eigenvalue weighted by Gasteiger charge is -2.27. The quantitative estimate of drug-likeness (QED) is 0.906. The van der Waals surface area contributed by atoms with Crippen molar-refractivity contribution in [1.29, 1.82) is 0 Å². The molecule has 1 aromatic heterocycles. The van der Waals surface area contributed by atoms with Crippen molar-refractivity contribution in [1.82, 2.24) is 14.5 Å². The summed E-state index contributed by atoms with van der Waals surface area (Å²) in [6.07, 6.45) is 6.13. The molecule has 4 nitrogen and oxygen atoms in total. The fourth-order valence-electron chi connectivity index (χ4n) is 2.82. The third-order valence-electron chi connectivity index (χ3n) is 4.04. The highest BCUT2D eigenvalue weighted by atomic mass is 15.2. The lowest BCUT2D eigenvalue weighted by atomic mass is 10.0. The summed E-state index contributed by atoms with van der Waals surface area (Å²) in [5.74, 6) is 1.18. The van der Waals surface area contributed by atoms with Crippen LogP contribution in [0.4, 0.5) is 0 Å². The van der Waals surface area contributed by atoms with Crippen LogP contribution in [0.25, 0.3) is 0 Å². The maximum Gasteiger partial charge on any atom is 0.122 e. The fourth-order valence-corrected chi connectivity index (χ4v) is 2.82. The van der Waals surface area contributed by atoms with E-state index in [0.717, 1.165) is 39.0 Å². The van der Waals surface area contributed by atoms with Gasteiger partial charge in [-0.25, -0.2) is 4.98 Å². The second-order valence-corrected chi connectivity index (χ2v) is 5.47. The number of hydrogen-bond donors (Lipinski definition) is 1. The molecule has 0 saturated carbocycles. The van der Waals surface area contributed by atoms with Crippen molar-refractivity contribution in [2.24, 2.45) is 5.73 Å². The molecule has 1 aliphatic rings. The minimum Gasteiger partial charge on any atom is -0.333 e.